The Balaban J connectivity index is 0.000000186. The molecule has 1 N–H and O–H groups in total. The number of hydrogen-bond acceptors (Lipinski definition) is 6. The number of nitro benzene ring substituents is 1. The van der Waals surface area contributed by atoms with E-state index in [9.17, 15) is 23.1 Å². The molecule has 3 aromatic rings. The van der Waals surface area contributed by atoms with E-state index in [2.05, 4.69) is 11.6 Å². The van der Waals surface area contributed by atoms with Crippen LogP contribution in [0.1, 0.15) is 10.6 Å². The number of rotatable bonds is 3. The Bertz CT molecular complexity index is 1020. The molecule has 9 heteroatoms. The minimum Gasteiger partial charge on any atom is -0.744 e. The first-order valence-electron chi connectivity index (χ1n) is 6.96. The molecule has 0 spiro atoms. The molecule has 3 rings (SSSR count). The maximum atomic E-state index is 10.5. The average molecular weight is 378 g/mol. The van der Waals surface area contributed by atoms with Crippen molar-refractivity contribution in [1.29, 1.82) is 0 Å². The Hall–Kier alpha value is -2.62. The molecule has 0 fully saturated rings. The molecule has 0 aliphatic carbocycles. The predicted octanol–water partition coefficient (Wildman–Crippen LogP) is 3.17. The highest BCUT2D eigenvalue weighted by atomic mass is 32.2. The lowest BCUT2D eigenvalue weighted by molar-refractivity contribution is -0.385. The van der Waals surface area contributed by atoms with Gasteiger partial charge in [0.2, 0.25) is 5.52 Å². The fourth-order valence-electron chi connectivity index (χ4n) is 1.89. The Morgan fingerprint density at radius 3 is 2.36 bits per heavy atom. The number of nitrogens with zero attached hydrogens (tertiary/aromatic N) is 1. The largest absolute Gasteiger partial charge is 0.744 e. The van der Waals surface area contributed by atoms with Gasteiger partial charge in [0, 0.05) is 24.3 Å². The Morgan fingerprint density at radius 1 is 1.20 bits per heavy atom. The molecule has 7 nitrogen and oxygen atoms in total. The number of fused-ring (bicyclic) bond motifs is 1. The Kier molecular flexibility index (Phi) is 5.62. The minimum atomic E-state index is -4.27. The van der Waals surface area contributed by atoms with Gasteiger partial charge >= 0.3 is 0 Å². The zero-order valence-electron chi connectivity index (χ0n) is 13.1. The summed E-state index contributed by atoms with van der Waals surface area (Å²) < 4.78 is 32.0. The third-order valence-electron chi connectivity index (χ3n) is 3.15. The smallest absolute Gasteiger partial charge is 0.271 e. The van der Waals surface area contributed by atoms with E-state index in [1.54, 1.807) is 30.3 Å². The lowest BCUT2D eigenvalue weighted by Crippen LogP contribution is -1.99. The molecule has 0 atom stereocenters. The molecule has 0 bridgehead atoms. The summed E-state index contributed by atoms with van der Waals surface area (Å²) in [5, 5.41) is 11.4. The zero-order chi connectivity index (χ0) is 18.6. The lowest BCUT2D eigenvalue weighted by atomic mass is 10.2. The van der Waals surface area contributed by atoms with Gasteiger partial charge in [-0.2, -0.15) is 4.98 Å². The Labute approximate surface area is 148 Å². The van der Waals surface area contributed by atoms with Gasteiger partial charge in [-0.25, -0.2) is 8.42 Å². The average Bonchev–Trinajstić information content (AvgIpc) is 2.97. The monoisotopic (exact) mass is 378 g/mol. The highest BCUT2D eigenvalue weighted by Gasteiger charge is 2.13. The number of nitro groups is 1. The highest BCUT2D eigenvalue weighted by molar-refractivity contribution is 7.85. The van der Waals surface area contributed by atoms with Crippen molar-refractivity contribution in [3.05, 3.63) is 69.7 Å². The first-order valence-corrected chi connectivity index (χ1v) is 9.18. The van der Waals surface area contributed by atoms with Gasteiger partial charge in [0.1, 0.15) is 14.8 Å². The molecule has 0 radical (unpaired) electrons. The molecule has 130 valence electrons. The van der Waals surface area contributed by atoms with E-state index in [4.69, 9.17) is 0 Å². The number of nitrogens with one attached hydrogen (secondary N) is 1. The van der Waals surface area contributed by atoms with Crippen LogP contribution in [0.25, 0.3) is 16.3 Å². The van der Waals surface area contributed by atoms with Crippen molar-refractivity contribution in [2.45, 2.75) is 11.8 Å². The van der Waals surface area contributed by atoms with Crippen LogP contribution in [0, 0.1) is 17.0 Å². The highest BCUT2D eigenvalue weighted by Crippen LogP contribution is 2.23. The van der Waals surface area contributed by atoms with Crippen LogP contribution in [0.5, 0.6) is 0 Å². The third kappa shape index (κ3) is 4.92. The van der Waals surface area contributed by atoms with Crippen LogP contribution >= 0.6 is 11.3 Å². The molecule has 25 heavy (non-hydrogen) atoms. The van der Waals surface area contributed by atoms with Crippen LogP contribution in [0.3, 0.4) is 0 Å². The maximum absolute atomic E-state index is 10.5. The summed E-state index contributed by atoms with van der Waals surface area (Å²) >= 11 is 1.45. The molecule has 1 aromatic heterocycles. The van der Waals surface area contributed by atoms with Crippen LogP contribution < -0.4 is 4.98 Å². The second-order valence-corrected chi connectivity index (χ2v) is 7.46. The fraction of sp³-hybridized carbons (Fsp3) is 0.0625. The molecular weight excluding hydrogens is 364 g/mol. The summed E-state index contributed by atoms with van der Waals surface area (Å²) in [6.07, 6.45) is 1.69. The van der Waals surface area contributed by atoms with E-state index in [1.807, 2.05) is 6.92 Å². The third-order valence-corrected chi connectivity index (χ3v) is 5.04. The molecule has 2 aromatic carbocycles. The minimum absolute atomic E-state index is 0.114. The number of aromatic amines is 1. The summed E-state index contributed by atoms with van der Waals surface area (Å²) in [7, 11) is -4.27. The second-order valence-electron chi connectivity index (χ2n) is 5.00. The maximum Gasteiger partial charge on any atom is 0.271 e. The standard InChI is InChI=1S/C9H6N2O2S.C7H8O3S/c1-2-9-10-7-4-3-6(11(12)13)5-8(7)14-9;1-6-2-4-7(5-3-6)11(8,9)10/h2-5H,1H2;2-5H,1H3,(H,8,9,10). The molecule has 0 aliphatic heterocycles. The topological polar surface area (TPSA) is 114 Å². The number of non-ortho nitro benzene ring substituents is 1. The number of thiazole rings is 1. The summed E-state index contributed by atoms with van der Waals surface area (Å²) in [5.74, 6) is 0. The lowest BCUT2D eigenvalue weighted by Gasteiger charge is -2.05. The molecule has 0 unspecified atom stereocenters. The quantitative estimate of drug-likeness (QED) is 0.394. The van der Waals surface area contributed by atoms with Gasteiger partial charge in [0.25, 0.3) is 10.7 Å². The Morgan fingerprint density at radius 2 is 1.84 bits per heavy atom. The molecular formula is C16H14N2O5S2. The van der Waals surface area contributed by atoms with Crippen LogP contribution in [-0.4, -0.2) is 17.9 Å². The first-order chi connectivity index (χ1) is 11.7. The normalized spacial score (nSPS) is 10.8. The molecule has 0 aliphatic rings. The molecule has 1 heterocycles. The summed E-state index contributed by atoms with van der Waals surface area (Å²) in [6, 6.07) is 10.5. The van der Waals surface area contributed by atoms with E-state index in [0.717, 1.165) is 20.8 Å². The van der Waals surface area contributed by atoms with Crippen molar-refractivity contribution in [2.24, 2.45) is 0 Å². The number of aryl methyl sites for hydroxylation is 1. The SMILES string of the molecule is C=Cc1[nH+]c2ccc([N+](=O)[O-])cc2s1.Cc1ccc(S(=O)(=O)[O-])cc1. The van der Waals surface area contributed by atoms with Crippen LogP contribution in [0.2, 0.25) is 0 Å². The van der Waals surface area contributed by atoms with Crippen molar-refractivity contribution < 1.29 is 22.9 Å². The summed E-state index contributed by atoms with van der Waals surface area (Å²) in [5.41, 5.74) is 1.94. The molecule has 0 saturated heterocycles. The van der Waals surface area contributed by atoms with Crippen LogP contribution in [-0.2, 0) is 10.1 Å². The molecule has 0 amide bonds. The van der Waals surface area contributed by atoms with Crippen LogP contribution in [0.4, 0.5) is 5.69 Å². The fourth-order valence-corrected chi connectivity index (χ4v) is 3.25. The van der Waals surface area contributed by atoms with E-state index in [1.165, 1.54) is 29.5 Å². The van der Waals surface area contributed by atoms with E-state index >= 15 is 0 Å². The first kappa shape index (κ1) is 18.7. The number of H-pyrrole nitrogens is 1. The van der Waals surface area contributed by atoms with Crippen molar-refractivity contribution in [2.75, 3.05) is 0 Å². The number of hydrogen-bond donors (Lipinski definition) is 0. The van der Waals surface area contributed by atoms with Crippen molar-refractivity contribution in [1.82, 2.24) is 0 Å². The second kappa shape index (κ2) is 7.51. The zero-order valence-corrected chi connectivity index (χ0v) is 14.8. The van der Waals surface area contributed by atoms with Gasteiger partial charge in [-0.15, -0.1) is 0 Å². The van der Waals surface area contributed by atoms with Gasteiger partial charge < -0.3 is 4.55 Å². The summed E-state index contributed by atoms with van der Waals surface area (Å²) in [6.45, 7) is 5.45. The van der Waals surface area contributed by atoms with E-state index < -0.39 is 15.0 Å². The van der Waals surface area contributed by atoms with E-state index in [-0.39, 0.29) is 10.6 Å². The number of aromatic nitrogens is 1. The van der Waals surface area contributed by atoms with Crippen molar-refractivity contribution in [3.8, 4) is 0 Å². The summed E-state index contributed by atoms with van der Waals surface area (Å²) in [4.78, 5) is 13.0. The van der Waals surface area contributed by atoms with Gasteiger partial charge in [-0.3, -0.25) is 10.1 Å². The predicted molar refractivity (Wildman–Crippen MR) is 94.3 cm³/mol. The molecule has 0 saturated carbocycles. The van der Waals surface area contributed by atoms with Crippen LogP contribution in [0.15, 0.2) is 53.9 Å². The van der Waals surface area contributed by atoms with E-state index in [0.29, 0.717) is 0 Å². The van der Waals surface area contributed by atoms with Gasteiger partial charge in [-0.1, -0.05) is 35.6 Å². The van der Waals surface area contributed by atoms with Gasteiger partial charge in [-0.05, 0) is 19.1 Å². The van der Waals surface area contributed by atoms with Gasteiger partial charge in [0.05, 0.1) is 9.82 Å². The van der Waals surface area contributed by atoms with Crippen molar-refractivity contribution in [3.63, 3.8) is 0 Å². The van der Waals surface area contributed by atoms with Gasteiger partial charge in [0.15, 0.2) is 0 Å². The van der Waals surface area contributed by atoms with Crippen molar-refractivity contribution >= 4 is 43.4 Å². The number of benzene rings is 2.